The van der Waals surface area contributed by atoms with Crippen LogP contribution in [-0.4, -0.2) is 102 Å². The van der Waals surface area contributed by atoms with Gasteiger partial charge in [-0.05, 0) is 223 Å². The Bertz CT molecular complexity index is 3960. The predicted molar refractivity (Wildman–Crippen MR) is 333 cm³/mol. The minimum Gasteiger partial charge on any atom is -0.405 e. The Kier molecular flexibility index (Phi) is 15.3. The van der Waals surface area contributed by atoms with E-state index >= 15 is 0 Å². The van der Waals surface area contributed by atoms with Crippen LogP contribution in [0.25, 0.3) is 64.6 Å². The predicted octanol–water partition coefficient (Wildman–Crippen LogP) is 12.7. The second-order valence-electron chi connectivity index (χ2n) is 26.3. The SMILES string of the molecule is CC1(C)OB(B2OC(C)(C)C(C)(C)O2)OC1(C)C.CC1(C)OB(c2ccc3c4ccc(B5OC(C)(C)C(C)(C)O5)cc4c4ccccc4c3c2)OC1(C)C.CS(=O)(=O)Oc1ccc2c3ccc(OS(=O)(=O)C(F)(F)F)cc3c3ccccc3c2c1. The number of hydrogen-bond acceptors (Lipinski definition) is 14. The van der Waals surface area contributed by atoms with Gasteiger partial charge in [0.2, 0.25) is 0 Å². The summed E-state index contributed by atoms with van der Waals surface area (Å²) in [7, 11) is -11.3. The summed E-state index contributed by atoms with van der Waals surface area (Å²) >= 11 is 0. The third-order valence-corrected chi connectivity index (χ3v) is 19.7. The molecule has 0 bridgehead atoms. The van der Waals surface area contributed by atoms with Gasteiger partial charge in [0.25, 0.3) is 0 Å². The smallest absolute Gasteiger partial charge is 0.405 e. The fourth-order valence-corrected chi connectivity index (χ4v) is 11.5. The molecule has 0 N–H and O–H groups in total. The molecular formula is C62H71B4F3O14S2. The Labute approximate surface area is 497 Å². The van der Waals surface area contributed by atoms with Crippen molar-refractivity contribution in [2.75, 3.05) is 6.26 Å². The summed E-state index contributed by atoms with van der Waals surface area (Å²) in [6.45, 7) is 32.9. The molecule has 23 heteroatoms. The quantitative estimate of drug-likeness (QED) is 0.0641. The van der Waals surface area contributed by atoms with E-state index in [1.165, 1.54) is 50.5 Å². The normalized spacial score (nSPS) is 20.9. The van der Waals surface area contributed by atoms with Crippen LogP contribution >= 0.6 is 0 Å². The van der Waals surface area contributed by atoms with Crippen molar-refractivity contribution >= 4 is 124 Å². The van der Waals surface area contributed by atoms with Crippen molar-refractivity contribution in [2.45, 2.75) is 161 Å². The molecule has 0 radical (unpaired) electrons. The van der Waals surface area contributed by atoms with Crippen LogP contribution < -0.4 is 19.3 Å². The lowest BCUT2D eigenvalue weighted by atomic mass is 9.49. The Morgan fingerprint density at radius 3 is 0.871 bits per heavy atom. The standard InChI is InChI=1S/C30H34B2O4.C20H13F3O6S2.C12H24B2O4/c1-27(2)28(3,4)34-31(33-27)19-13-15-23-24-16-14-20(32-35-29(5,6)30(7,8)36-32)18-26(24)22-12-10-9-11-21(22)25(23)17-19;1-30(24,25)28-12-6-8-16-17-9-7-13(29-31(26,27)20(21,22)23)11-19(17)15-5-3-2-4-14(15)18(16)10-12;1-9(2)10(3,4)16-13(15-9)14-17-11(5,6)12(7,8)18-14/h9-18H,1-8H3;2-11H,1H3;1-8H3. The molecule has 0 aromatic heterocycles. The molecule has 8 aromatic rings. The molecule has 4 fully saturated rings. The first-order valence-electron chi connectivity index (χ1n) is 28.1. The maximum absolute atomic E-state index is 12.7. The lowest BCUT2D eigenvalue weighted by Gasteiger charge is -2.32. The summed E-state index contributed by atoms with van der Waals surface area (Å²) < 4.78 is 142. The van der Waals surface area contributed by atoms with E-state index in [0.29, 0.717) is 32.3 Å². The van der Waals surface area contributed by atoms with Gasteiger partial charge in [0.1, 0.15) is 11.5 Å². The molecule has 0 atom stereocenters. The Hall–Kier alpha value is -5.45. The molecule has 14 nitrogen and oxygen atoms in total. The molecule has 0 spiro atoms. The highest BCUT2D eigenvalue weighted by atomic mass is 32.2. The summed E-state index contributed by atoms with van der Waals surface area (Å²) in [4.78, 5) is 0. The first-order chi connectivity index (χ1) is 39.0. The molecule has 0 amide bonds. The molecule has 0 unspecified atom stereocenters. The lowest BCUT2D eigenvalue weighted by molar-refractivity contribution is -0.0500. The molecular weight excluding hydrogens is 1130 g/mol. The van der Waals surface area contributed by atoms with E-state index in [1.54, 1.807) is 36.4 Å². The van der Waals surface area contributed by atoms with Crippen molar-refractivity contribution in [1.82, 2.24) is 0 Å². The zero-order chi connectivity index (χ0) is 62.3. The first-order valence-corrected chi connectivity index (χ1v) is 31.3. The molecule has 4 aliphatic rings. The van der Waals surface area contributed by atoms with Gasteiger partial charge in [-0.15, -0.1) is 0 Å². The number of fused-ring (bicyclic) bond motifs is 12. The number of benzene rings is 8. The largest absolute Gasteiger partial charge is 0.534 e. The van der Waals surface area contributed by atoms with Crippen molar-refractivity contribution in [3.8, 4) is 11.5 Å². The third-order valence-electron chi connectivity index (χ3n) is 18.2. The van der Waals surface area contributed by atoms with Crippen LogP contribution in [0.3, 0.4) is 0 Å². The summed E-state index contributed by atoms with van der Waals surface area (Å²) in [6, 6.07) is 37.1. The van der Waals surface area contributed by atoms with Crippen LogP contribution in [0.5, 0.6) is 11.5 Å². The number of hydrogen-bond donors (Lipinski definition) is 0. The van der Waals surface area contributed by atoms with E-state index in [9.17, 15) is 30.0 Å². The Balaban J connectivity index is 0.000000150. The molecule has 85 heavy (non-hydrogen) atoms. The molecule has 8 aromatic carbocycles. The Morgan fingerprint density at radius 1 is 0.341 bits per heavy atom. The summed E-state index contributed by atoms with van der Waals surface area (Å²) in [5, 5.41) is 10.9. The highest BCUT2D eigenvalue weighted by Gasteiger charge is 2.64. The maximum Gasteiger partial charge on any atom is 0.534 e. The second kappa shape index (κ2) is 20.8. The molecule has 4 heterocycles. The van der Waals surface area contributed by atoms with Gasteiger partial charge >= 0.3 is 54.0 Å². The van der Waals surface area contributed by atoms with Gasteiger partial charge < -0.3 is 45.6 Å². The van der Waals surface area contributed by atoms with E-state index in [0.717, 1.165) is 23.2 Å². The molecule has 4 aliphatic heterocycles. The zero-order valence-corrected chi connectivity index (χ0v) is 52.7. The van der Waals surface area contributed by atoms with Gasteiger partial charge in [-0.2, -0.15) is 30.0 Å². The minimum absolute atomic E-state index is 0.107. The molecule has 4 saturated heterocycles. The molecule has 448 valence electrons. The highest BCUT2D eigenvalue weighted by Crippen LogP contribution is 2.45. The zero-order valence-electron chi connectivity index (χ0n) is 51.0. The van der Waals surface area contributed by atoms with Crippen molar-refractivity contribution in [3.05, 3.63) is 121 Å². The minimum atomic E-state index is -5.81. The molecule has 0 saturated carbocycles. The van der Waals surface area contributed by atoms with E-state index in [4.69, 9.17) is 41.4 Å². The second-order valence-corrected chi connectivity index (χ2v) is 29.4. The summed E-state index contributed by atoms with van der Waals surface area (Å²) in [5.74, 6) is -0.373. The third kappa shape index (κ3) is 11.6. The lowest BCUT2D eigenvalue weighted by Crippen LogP contribution is -2.41. The number of halogens is 3. The van der Waals surface area contributed by atoms with Gasteiger partial charge in [0.05, 0.1) is 51.1 Å². The Morgan fingerprint density at radius 2 is 0.588 bits per heavy atom. The van der Waals surface area contributed by atoms with Crippen LogP contribution in [0.15, 0.2) is 121 Å². The van der Waals surface area contributed by atoms with E-state index < -0.39 is 45.5 Å². The van der Waals surface area contributed by atoms with Crippen LogP contribution in [0.1, 0.15) is 111 Å². The summed E-state index contributed by atoms with van der Waals surface area (Å²) in [6.07, 6.45) is 0.923. The molecule has 12 rings (SSSR count). The average molecular weight is 1200 g/mol. The van der Waals surface area contributed by atoms with Crippen molar-refractivity contribution in [1.29, 1.82) is 0 Å². The topological polar surface area (TPSA) is 161 Å². The van der Waals surface area contributed by atoms with Gasteiger partial charge in [-0.3, -0.25) is 0 Å². The van der Waals surface area contributed by atoms with Crippen LogP contribution in [0.4, 0.5) is 13.2 Å². The van der Waals surface area contributed by atoms with Gasteiger partial charge in [-0.25, -0.2) is 0 Å². The number of rotatable bonds is 7. The van der Waals surface area contributed by atoms with Gasteiger partial charge in [0.15, 0.2) is 0 Å². The van der Waals surface area contributed by atoms with Crippen LogP contribution in [-0.2, 0) is 57.5 Å². The molecule has 0 aliphatic carbocycles. The van der Waals surface area contributed by atoms with E-state index in [-0.39, 0.29) is 64.8 Å². The van der Waals surface area contributed by atoms with Crippen molar-refractivity contribution in [2.24, 2.45) is 0 Å². The fraction of sp³-hybridized carbons (Fsp3) is 0.419. The monoisotopic (exact) mass is 1200 g/mol. The van der Waals surface area contributed by atoms with Gasteiger partial charge in [0, 0.05) is 0 Å². The van der Waals surface area contributed by atoms with E-state index in [2.05, 4.69) is 120 Å². The van der Waals surface area contributed by atoms with Crippen LogP contribution in [0.2, 0.25) is 0 Å². The maximum atomic E-state index is 12.7. The van der Waals surface area contributed by atoms with Crippen LogP contribution in [0, 0.1) is 0 Å². The number of alkyl halides is 3. The first kappa shape index (κ1) is 62.6. The highest BCUT2D eigenvalue weighted by molar-refractivity contribution is 7.88. The fourth-order valence-electron chi connectivity index (χ4n) is 10.6. The summed E-state index contributed by atoms with van der Waals surface area (Å²) in [5.41, 5.74) is -6.40. The van der Waals surface area contributed by atoms with Crippen molar-refractivity contribution in [3.63, 3.8) is 0 Å². The van der Waals surface area contributed by atoms with Crippen molar-refractivity contribution < 1.29 is 75.6 Å². The van der Waals surface area contributed by atoms with Gasteiger partial charge in [-0.1, -0.05) is 84.9 Å². The van der Waals surface area contributed by atoms with E-state index in [1.807, 2.05) is 55.4 Å². The average Bonchev–Trinajstić information content (AvgIpc) is 1.45.